The molecule has 8 nitrogen and oxygen atoms in total. The van der Waals surface area contributed by atoms with Crippen molar-refractivity contribution in [2.24, 2.45) is 4.99 Å². The maximum atomic E-state index is 14.0. The summed E-state index contributed by atoms with van der Waals surface area (Å²) in [4.78, 5) is 32.3. The van der Waals surface area contributed by atoms with Crippen LogP contribution in [0.1, 0.15) is 31.0 Å². The lowest BCUT2D eigenvalue weighted by atomic mass is 9.95. The second kappa shape index (κ2) is 10.7. The third-order valence-corrected chi connectivity index (χ3v) is 8.21. The largest absolute Gasteiger partial charge is 0.507 e. The third kappa shape index (κ3) is 4.63. The summed E-state index contributed by atoms with van der Waals surface area (Å²) in [5.41, 5.74) is 1.47. The van der Waals surface area contributed by atoms with Crippen LogP contribution < -0.4 is 24.4 Å². The summed E-state index contributed by atoms with van der Waals surface area (Å²) in [6, 6.07) is 13.7. The summed E-state index contributed by atoms with van der Waals surface area (Å²) < 4.78 is 18.8. The zero-order valence-electron chi connectivity index (χ0n) is 21.6. The molecule has 5 rings (SSSR count). The average molecular weight is 609 g/mol. The number of carbonyl (C=O) groups excluding carboxylic acids is 1. The molecular weight excluding hydrogens is 584 g/mol. The van der Waals surface area contributed by atoms with Gasteiger partial charge in [-0.05, 0) is 54.5 Å². The maximum Gasteiger partial charge on any atom is 0.338 e. The number of nitrogens with zero attached hydrogens (tertiary/aromatic N) is 2. The summed E-state index contributed by atoms with van der Waals surface area (Å²) in [6.45, 7) is 3.61. The quantitative estimate of drug-likeness (QED) is 0.325. The number of benzene rings is 3. The van der Waals surface area contributed by atoms with Gasteiger partial charge in [-0.25, -0.2) is 9.79 Å². The molecule has 0 unspecified atom stereocenters. The van der Waals surface area contributed by atoms with Gasteiger partial charge in [-0.2, -0.15) is 0 Å². The lowest BCUT2D eigenvalue weighted by molar-refractivity contribution is -0.139. The molecule has 2 heterocycles. The predicted octanol–water partition coefficient (Wildman–Crippen LogP) is 4.44. The minimum Gasteiger partial charge on any atom is -0.507 e. The van der Waals surface area contributed by atoms with E-state index in [4.69, 9.17) is 14.2 Å². The highest BCUT2D eigenvalue weighted by Crippen LogP contribution is 2.40. The van der Waals surface area contributed by atoms with Gasteiger partial charge in [0.2, 0.25) is 0 Å². The van der Waals surface area contributed by atoms with Crippen molar-refractivity contribution in [2.75, 3.05) is 20.8 Å². The Labute approximate surface area is 236 Å². The van der Waals surface area contributed by atoms with Gasteiger partial charge in [0.25, 0.3) is 5.56 Å². The molecule has 0 bridgehead atoms. The zero-order chi connectivity index (χ0) is 27.8. The van der Waals surface area contributed by atoms with Gasteiger partial charge >= 0.3 is 5.97 Å². The van der Waals surface area contributed by atoms with Crippen LogP contribution in [-0.4, -0.2) is 36.5 Å². The highest BCUT2D eigenvalue weighted by atomic mass is 79.9. The molecule has 0 fully saturated rings. The van der Waals surface area contributed by atoms with E-state index >= 15 is 0 Å². The van der Waals surface area contributed by atoms with Gasteiger partial charge in [0.1, 0.15) is 5.75 Å². The normalized spacial score (nSPS) is 15.2. The van der Waals surface area contributed by atoms with Crippen LogP contribution in [0, 0.1) is 0 Å². The fourth-order valence-corrected chi connectivity index (χ4v) is 6.30. The van der Waals surface area contributed by atoms with E-state index in [1.807, 2.05) is 30.3 Å². The summed E-state index contributed by atoms with van der Waals surface area (Å²) >= 11 is 4.79. The number of esters is 1. The molecule has 0 saturated carbocycles. The predicted molar refractivity (Wildman–Crippen MR) is 153 cm³/mol. The molecule has 200 valence electrons. The molecule has 0 amide bonds. The van der Waals surface area contributed by atoms with E-state index < -0.39 is 12.0 Å². The number of thiazole rings is 1. The number of halogens is 1. The molecule has 1 aliphatic rings. The molecule has 3 aromatic carbocycles. The van der Waals surface area contributed by atoms with Crippen molar-refractivity contribution in [1.82, 2.24) is 4.57 Å². The van der Waals surface area contributed by atoms with Crippen LogP contribution in [0.2, 0.25) is 0 Å². The van der Waals surface area contributed by atoms with E-state index in [2.05, 4.69) is 20.9 Å². The molecule has 1 aliphatic heterocycles. The van der Waals surface area contributed by atoms with Crippen LogP contribution >= 0.6 is 27.3 Å². The van der Waals surface area contributed by atoms with Gasteiger partial charge in [0, 0.05) is 10.0 Å². The molecule has 39 heavy (non-hydrogen) atoms. The highest BCUT2D eigenvalue weighted by molar-refractivity contribution is 9.10. The number of allylic oxidation sites excluding steroid dienone is 1. The fourth-order valence-electron chi connectivity index (χ4n) is 4.73. The number of methoxy groups -OCH3 is 2. The first-order valence-corrected chi connectivity index (χ1v) is 13.7. The topological polar surface area (TPSA) is 99.4 Å². The Morgan fingerprint density at radius 3 is 2.59 bits per heavy atom. The number of aromatic hydroxyl groups is 1. The standard InChI is InChI=1S/C29H25BrN2O6S/c1-5-38-28(35)25-15(2)31-29-32(26(25)19-12-22(36-3)23(37-4)14-20(19)30)27(34)24(39-29)13-18-17-9-7-6-8-16(17)10-11-21(18)33/h6-14,26,33H,5H2,1-4H3/b24-13-/t26-/m1/s1. The Bertz CT molecular complexity index is 1840. The van der Waals surface area contributed by atoms with Crippen molar-refractivity contribution in [3.05, 3.63) is 95.1 Å². The molecule has 0 spiro atoms. The first-order chi connectivity index (χ1) is 18.8. The average Bonchev–Trinajstić information content (AvgIpc) is 3.23. The van der Waals surface area contributed by atoms with E-state index in [1.165, 1.54) is 30.1 Å². The van der Waals surface area contributed by atoms with E-state index in [0.29, 0.717) is 42.1 Å². The molecular formula is C29H25BrN2O6S. The molecule has 0 saturated heterocycles. The number of phenols is 1. The minimum atomic E-state index is -0.849. The van der Waals surface area contributed by atoms with Crippen LogP contribution in [0.25, 0.3) is 16.8 Å². The first kappa shape index (κ1) is 26.7. The molecule has 1 N–H and O–H groups in total. The van der Waals surface area contributed by atoms with Crippen LogP contribution in [0.5, 0.6) is 17.2 Å². The number of hydrogen-bond acceptors (Lipinski definition) is 8. The Balaban J connectivity index is 1.81. The number of phenolic OH excluding ortho intramolecular Hbond substituents is 1. The molecule has 10 heteroatoms. The number of aromatic nitrogens is 1. The summed E-state index contributed by atoms with van der Waals surface area (Å²) in [6.07, 6.45) is 1.67. The Morgan fingerprint density at radius 1 is 1.15 bits per heavy atom. The number of ether oxygens (including phenoxy) is 3. The van der Waals surface area contributed by atoms with Crippen molar-refractivity contribution in [3.8, 4) is 17.2 Å². The number of hydrogen-bond donors (Lipinski definition) is 1. The molecule has 1 atom stereocenters. The lowest BCUT2D eigenvalue weighted by Crippen LogP contribution is -2.40. The molecule has 1 aromatic heterocycles. The zero-order valence-corrected chi connectivity index (χ0v) is 24.1. The van der Waals surface area contributed by atoms with E-state index in [1.54, 1.807) is 38.1 Å². The van der Waals surface area contributed by atoms with E-state index in [0.717, 1.165) is 10.8 Å². The van der Waals surface area contributed by atoms with Crippen molar-refractivity contribution in [1.29, 1.82) is 0 Å². The van der Waals surface area contributed by atoms with Crippen molar-refractivity contribution < 1.29 is 24.1 Å². The number of fused-ring (bicyclic) bond motifs is 2. The van der Waals surface area contributed by atoms with Crippen molar-refractivity contribution in [3.63, 3.8) is 0 Å². The second-order valence-electron chi connectivity index (χ2n) is 8.75. The smallest absolute Gasteiger partial charge is 0.338 e. The van der Waals surface area contributed by atoms with Gasteiger partial charge in [-0.15, -0.1) is 0 Å². The highest BCUT2D eigenvalue weighted by Gasteiger charge is 2.35. The summed E-state index contributed by atoms with van der Waals surface area (Å²) in [5, 5.41) is 12.4. The minimum absolute atomic E-state index is 0.0575. The van der Waals surface area contributed by atoms with E-state index in [9.17, 15) is 14.7 Å². The third-order valence-electron chi connectivity index (χ3n) is 6.54. The fraction of sp³-hybridized carbons (Fsp3) is 0.207. The van der Waals surface area contributed by atoms with Crippen molar-refractivity contribution >= 4 is 50.1 Å². The van der Waals surface area contributed by atoms with Gasteiger partial charge in [-0.3, -0.25) is 9.36 Å². The van der Waals surface area contributed by atoms with Crippen LogP contribution in [0.4, 0.5) is 0 Å². The van der Waals surface area contributed by atoms with Gasteiger partial charge in [-0.1, -0.05) is 57.6 Å². The van der Waals surface area contributed by atoms with Gasteiger partial charge < -0.3 is 19.3 Å². The van der Waals surface area contributed by atoms with E-state index in [-0.39, 0.29) is 23.5 Å². The van der Waals surface area contributed by atoms with Gasteiger partial charge in [0.15, 0.2) is 16.3 Å². The first-order valence-electron chi connectivity index (χ1n) is 12.1. The molecule has 4 aromatic rings. The van der Waals surface area contributed by atoms with Crippen molar-refractivity contribution in [2.45, 2.75) is 19.9 Å². The molecule has 0 aliphatic carbocycles. The monoisotopic (exact) mass is 608 g/mol. The number of carbonyl (C=O) groups is 1. The Kier molecular flexibility index (Phi) is 7.33. The van der Waals surface area contributed by atoms with Crippen LogP contribution in [0.15, 0.2) is 74.1 Å². The Morgan fingerprint density at radius 2 is 1.87 bits per heavy atom. The number of rotatable bonds is 6. The SMILES string of the molecule is CCOC(=O)C1=C(C)N=c2s/c(=C\c3c(O)ccc4ccccc34)c(=O)n2[C@@H]1c1cc(OC)c(OC)cc1Br. The summed E-state index contributed by atoms with van der Waals surface area (Å²) in [5.74, 6) is 0.426. The Hall–Kier alpha value is -3.89. The maximum absolute atomic E-state index is 14.0. The van der Waals surface area contributed by atoms with Gasteiger partial charge in [0.05, 0.1) is 42.7 Å². The summed E-state index contributed by atoms with van der Waals surface area (Å²) in [7, 11) is 3.05. The molecule has 0 radical (unpaired) electrons. The van der Waals surface area contributed by atoms with Crippen LogP contribution in [-0.2, 0) is 9.53 Å². The van der Waals surface area contributed by atoms with Crippen LogP contribution in [0.3, 0.4) is 0 Å². The lowest BCUT2D eigenvalue weighted by Gasteiger charge is -2.26. The second-order valence-corrected chi connectivity index (χ2v) is 10.6.